The molecule has 0 aromatic heterocycles. The molecule has 26 heavy (non-hydrogen) atoms. The first-order chi connectivity index (χ1) is 12.4. The second kappa shape index (κ2) is 6.67. The quantitative estimate of drug-likeness (QED) is 0.784. The molecule has 142 valence electrons. The number of nitrogens with one attached hydrogen (secondary N) is 1. The van der Waals surface area contributed by atoms with E-state index in [1.165, 1.54) is 11.3 Å². The normalized spacial score (nSPS) is 28.8. The molecule has 1 amide bonds. The molecular weight excluding hydrogens is 400 g/mol. The summed E-state index contributed by atoms with van der Waals surface area (Å²) in [6, 6.07) is 3.90. The number of halogens is 1. The van der Waals surface area contributed by atoms with Gasteiger partial charge in [-0.25, -0.2) is 9.80 Å². The maximum absolute atomic E-state index is 12.3. The number of fused-ring (bicyclic) bond motifs is 3. The van der Waals surface area contributed by atoms with E-state index < -0.39 is 6.09 Å². The first-order valence-corrected chi connectivity index (χ1v) is 9.78. The van der Waals surface area contributed by atoms with E-state index in [9.17, 15) is 4.79 Å². The van der Waals surface area contributed by atoms with E-state index in [0.29, 0.717) is 38.2 Å². The highest BCUT2D eigenvalue weighted by molar-refractivity contribution is 9.10. The van der Waals surface area contributed by atoms with Crippen molar-refractivity contribution in [2.75, 3.05) is 51.8 Å². The number of amides is 1. The number of carbonyl (C=O) groups excluding carboxylic acids is 1. The zero-order valence-corrected chi connectivity index (χ0v) is 17.0. The van der Waals surface area contributed by atoms with Crippen molar-refractivity contribution in [2.45, 2.75) is 24.9 Å². The van der Waals surface area contributed by atoms with Crippen LogP contribution in [0.15, 0.2) is 16.6 Å². The van der Waals surface area contributed by atoms with Gasteiger partial charge in [0.25, 0.3) is 0 Å². The summed E-state index contributed by atoms with van der Waals surface area (Å²) in [4.78, 5) is 17.0. The summed E-state index contributed by atoms with van der Waals surface area (Å²) in [7, 11) is 4.30. The highest BCUT2D eigenvalue weighted by atomic mass is 79.9. The van der Waals surface area contributed by atoms with Crippen LogP contribution in [0.1, 0.15) is 18.9 Å². The van der Waals surface area contributed by atoms with Crippen molar-refractivity contribution in [3.63, 3.8) is 0 Å². The van der Waals surface area contributed by atoms with Crippen LogP contribution in [0.5, 0.6) is 5.75 Å². The maximum Gasteiger partial charge on any atom is 0.427 e. The van der Waals surface area contributed by atoms with Gasteiger partial charge in [0, 0.05) is 36.6 Å². The minimum Gasteiger partial charge on any atom is -0.409 e. The van der Waals surface area contributed by atoms with E-state index in [-0.39, 0.29) is 5.41 Å². The van der Waals surface area contributed by atoms with Gasteiger partial charge in [-0.2, -0.15) is 0 Å². The molecule has 3 aliphatic rings. The van der Waals surface area contributed by atoms with Gasteiger partial charge in [0.15, 0.2) is 0 Å². The second-order valence-corrected chi connectivity index (χ2v) is 8.39. The lowest BCUT2D eigenvalue weighted by atomic mass is 9.81. The van der Waals surface area contributed by atoms with Gasteiger partial charge in [-0.3, -0.25) is 10.3 Å². The van der Waals surface area contributed by atoms with Crippen LogP contribution in [0.25, 0.3) is 0 Å². The third-order valence-electron chi connectivity index (χ3n) is 5.81. The standard InChI is InChI=1S/C18H25BrN4O3/c1-18-4-5-21(2)16(18)22(3)15-13(18)10-12(11-14(15)19)26-17(24)20-23-6-8-25-9-7-23/h10-11,16H,4-9H2,1-3H3,(H,20,24)/t16-,18-/m0/s1. The van der Waals surface area contributed by atoms with Gasteiger partial charge in [-0.15, -0.1) is 0 Å². The number of anilines is 1. The van der Waals surface area contributed by atoms with Gasteiger partial charge in [0.1, 0.15) is 5.75 Å². The molecule has 2 saturated heterocycles. The van der Waals surface area contributed by atoms with E-state index in [1.54, 1.807) is 0 Å². The van der Waals surface area contributed by atoms with Crippen LogP contribution in [0.4, 0.5) is 10.5 Å². The summed E-state index contributed by atoms with van der Waals surface area (Å²) in [6.07, 6.45) is 0.947. The molecule has 7 nitrogen and oxygen atoms in total. The number of benzene rings is 1. The Morgan fingerprint density at radius 1 is 1.31 bits per heavy atom. The number of carbonyl (C=O) groups is 1. The topological polar surface area (TPSA) is 57.3 Å². The highest BCUT2D eigenvalue weighted by Crippen LogP contribution is 2.54. The van der Waals surface area contributed by atoms with Gasteiger partial charge in [-0.1, -0.05) is 6.92 Å². The number of rotatable bonds is 2. The summed E-state index contributed by atoms with van der Waals surface area (Å²) >= 11 is 3.68. The van der Waals surface area contributed by atoms with Gasteiger partial charge >= 0.3 is 6.09 Å². The third-order valence-corrected chi connectivity index (χ3v) is 6.42. The van der Waals surface area contributed by atoms with E-state index in [1.807, 2.05) is 17.1 Å². The summed E-state index contributed by atoms with van der Waals surface area (Å²) in [5.41, 5.74) is 5.23. The molecule has 0 aliphatic carbocycles. The second-order valence-electron chi connectivity index (χ2n) is 7.53. The predicted molar refractivity (Wildman–Crippen MR) is 102 cm³/mol. The van der Waals surface area contributed by atoms with Crippen LogP contribution >= 0.6 is 15.9 Å². The molecule has 3 aliphatic heterocycles. The number of hydrazine groups is 1. The number of likely N-dealkylation sites (tertiary alicyclic amines) is 1. The molecule has 2 atom stereocenters. The number of hydrogen-bond donors (Lipinski definition) is 1. The molecule has 0 spiro atoms. The summed E-state index contributed by atoms with van der Waals surface area (Å²) in [6.45, 7) is 5.92. The van der Waals surface area contributed by atoms with E-state index in [2.05, 4.69) is 52.2 Å². The van der Waals surface area contributed by atoms with Crippen molar-refractivity contribution in [3.05, 3.63) is 22.2 Å². The van der Waals surface area contributed by atoms with Crippen molar-refractivity contribution in [2.24, 2.45) is 0 Å². The Balaban J connectivity index is 1.56. The van der Waals surface area contributed by atoms with E-state index in [4.69, 9.17) is 9.47 Å². The molecule has 4 rings (SSSR count). The van der Waals surface area contributed by atoms with Crippen LogP contribution in [0.2, 0.25) is 0 Å². The van der Waals surface area contributed by atoms with E-state index >= 15 is 0 Å². The smallest absolute Gasteiger partial charge is 0.409 e. The Morgan fingerprint density at radius 3 is 2.77 bits per heavy atom. The van der Waals surface area contributed by atoms with Crippen LogP contribution < -0.4 is 15.1 Å². The van der Waals surface area contributed by atoms with Crippen LogP contribution in [-0.4, -0.2) is 69.1 Å². The number of ether oxygens (including phenoxy) is 2. The van der Waals surface area contributed by atoms with Crippen LogP contribution in [-0.2, 0) is 10.2 Å². The van der Waals surface area contributed by atoms with Crippen LogP contribution in [0, 0.1) is 0 Å². The Bertz CT molecular complexity index is 725. The molecule has 0 radical (unpaired) electrons. The van der Waals surface area contributed by atoms with Gasteiger partial charge in [0.05, 0.1) is 25.1 Å². The fourth-order valence-corrected chi connectivity index (χ4v) is 5.35. The third kappa shape index (κ3) is 2.89. The van der Waals surface area contributed by atoms with Crippen LogP contribution in [0.3, 0.4) is 0 Å². The molecule has 1 N–H and O–H groups in total. The molecule has 8 heteroatoms. The van der Waals surface area contributed by atoms with Crippen molar-refractivity contribution in [1.82, 2.24) is 15.3 Å². The molecule has 0 saturated carbocycles. The molecule has 1 aromatic carbocycles. The lowest BCUT2D eigenvalue weighted by Gasteiger charge is -2.32. The molecule has 3 heterocycles. The average Bonchev–Trinajstić information content (AvgIpc) is 3.01. The van der Waals surface area contributed by atoms with Gasteiger partial charge in [-0.05, 0) is 47.1 Å². The Hall–Kier alpha value is -1.35. The minimum atomic E-state index is -0.463. The monoisotopic (exact) mass is 424 g/mol. The Morgan fingerprint density at radius 2 is 2.04 bits per heavy atom. The largest absolute Gasteiger partial charge is 0.427 e. The maximum atomic E-state index is 12.3. The number of hydrogen-bond acceptors (Lipinski definition) is 6. The van der Waals surface area contributed by atoms with Crippen molar-refractivity contribution >= 4 is 27.7 Å². The minimum absolute atomic E-state index is 0.0292. The van der Waals surface area contributed by atoms with Gasteiger partial charge < -0.3 is 14.4 Å². The molecule has 1 aromatic rings. The Kier molecular flexibility index (Phi) is 4.63. The summed E-state index contributed by atoms with van der Waals surface area (Å²) < 4.78 is 11.8. The molecular formula is C18H25BrN4O3. The van der Waals surface area contributed by atoms with Gasteiger partial charge in [0.2, 0.25) is 0 Å². The van der Waals surface area contributed by atoms with Crippen molar-refractivity contribution < 1.29 is 14.3 Å². The number of morpholine rings is 1. The SMILES string of the molecule is CN1CC[C@@]2(C)c3cc(OC(=O)NN4CCOCC4)cc(Br)c3N(C)[C@H]12. The Labute approximate surface area is 162 Å². The zero-order chi connectivity index (χ0) is 18.5. The first-order valence-electron chi connectivity index (χ1n) is 8.98. The number of nitrogens with zero attached hydrogens (tertiary/aromatic N) is 3. The van der Waals surface area contributed by atoms with Crippen molar-refractivity contribution in [1.29, 1.82) is 0 Å². The lowest BCUT2D eigenvalue weighted by Crippen LogP contribution is -2.49. The fourth-order valence-electron chi connectivity index (χ4n) is 4.63. The average molecular weight is 425 g/mol. The zero-order valence-electron chi connectivity index (χ0n) is 15.4. The first kappa shape index (κ1) is 18.0. The molecule has 2 fully saturated rings. The lowest BCUT2D eigenvalue weighted by molar-refractivity contribution is 0.0153. The fraction of sp³-hybridized carbons (Fsp3) is 0.611. The summed E-state index contributed by atoms with van der Waals surface area (Å²) in [5.74, 6) is 0.561. The predicted octanol–water partition coefficient (Wildman–Crippen LogP) is 2.15. The van der Waals surface area contributed by atoms with E-state index in [0.717, 1.165) is 17.4 Å². The van der Waals surface area contributed by atoms with Crippen molar-refractivity contribution in [3.8, 4) is 5.75 Å². The number of likely N-dealkylation sites (N-methyl/N-ethyl adjacent to an activating group) is 2. The highest BCUT2D eigenvalue weighted by Gasteiger charge is 2.53. The molecule has 0 unspecified atom stereocenters. The molecule has 0 bridgehead atoms. The summed E-state index contributed by atoms with van der Waals surface area (Å²) in [5, 5.41) is 1.82.